The van der Waals surface area contributed by atoms with Crippen LogP contribution in [0.15, 0.2) is 0 Å². The van der Waals surface area contributed by atoms with Crippen LogP contribution in [0, 0.1) is 11.8 Å². The molecule has 0 aromatic carbocycles. The van der Waals surface area contributed by atoms with Crippen LogP contribution in [0.4, 0.5) is 0 Å². The highest BCUT2D eigenvalue weighted by Gasteiger charge is 2.48. The molecule has 26 heavy (non-hydrogen) atoms. The summed E-state index contributed by atoms with van der Waals surface area (Å²) in [4.78, 5) is 38.8. The van der Waals surface area contributed by atoms with Crippen LogP contribution in [-0.2, 0) is 14.4 Å². The van der Waals surface area contributed by atoms with Gasteiger partial charge in [-0.25, -0.2) is 0 Å². The highest BCUT2D eigenvalue weighted by atomic mass is 16.2. The van der Waals surface area contributed by atoms with E-state index in [1.54, 1.807) is 0 Å². The number of carbonyl (C=O) groups is 3. The van der Waals surface area contributed by atoms with E-state index < -0.39 is 0 Å². The fourth-order valence-electron chi connectivity index (χ4n) is 5.58. The number of piperidine rings is 1. The fourth-order valence-corrected chi connectivity index (χ4v) is 5.58. The number of carbonyl (C=O) groups excluding carboxylic acids is 3. The van der Waals surface area contributed by atoms with Gasteiger partial charge in [-0.3, -0.25) is 19.3 Å². The summed E-state index contributed by atoms with van der Waals surface area (Å²) in [6.45, 7) is 9.04. The summed E-state index contributed by atoms with van der Waals surface area (Å²) in [7, 11) is 0. The van der Waals surface area contributed by atoms with Gasteiger partial charge < -0.3 is 10.6 Å². The maximum atomic E-state index is 12.5. The highest BCUT2D eigenvalue weighted by molar-refractivity contribution is 6.05. The second-order valence-corrected chi connectivity index (χ2v) is 9.87. The van der Waals surface area contributed by atoms with Crippen molar-refractivity contribution < 1.29 is 19.7 Å². The molecule has 2 saturated heterocycles. The first-order valence-corrected chi connectivity index (χ1v) is 10.1. The second kappa shape index (κ2) is 6.95. The molecule has 2 atom stereocenters. The average molecular weight is 365 g/mol. The van der Waals surface area contributed by atoms with Crippen molar-refractivity contribution in [2.75, 3.05) is 6.54 Å². The summed E-state index contributed by atoms with van der Waals surface area (Å²) in [5.74, 6) is -0.423. The minimum Gasteiger partial charge on any atom is -0.353 e. The van der Waals surface area contributed by atoms with E-state index in [-0.39, 0.29) is 59.6 Å². The standard InChI is InChI=1S/C20H33N3O3/c1-19(2)11-13(12-20(3,4)22-19)21-16(24)9-10-23-17(25)14-7-5-6-8-15(14)18(23)26/h13-15,22H,5-12H2,1-4H3,(H,21,24)/p+1/t14-,15-/m1/s1. The first kappa shape index (κ1) is 19.3. The van der Waals surface area contributed by atoms with E-state index in [1.165, 1.54) is 4.90 Å². The lowest BCUT2D eigenvalue weighted by Gasteiger charge is -2.43. The molecule has 0 radical (unpaired) electrons. The van der Waals surface area contributed by atoms with Gasteiger partial charge in [0.25, 0.3) is 0 Å². The smallest absolute Gasteiger partial charge is 0.233 e. The van der Waals surface area contributed by atoms with E-state index in [0.29, 0.717) is 0 Å². The molecule has 3 rings (SSSR count). The molecular weight excluding hydrogens is 330 g/mol. The molecule has 3 amide bonds. The van der Waals surface area contributed by atoms with Crippen LogP contribution in [0.3, 0.4) is 0 Å². The number of hydrogen-bond donors (Lipinski definition) is 2. The number of amides is 3. The lowest BCUT2D eigenvalue weighted by Crippen LogP contribution is -3.06. The van der Waals surface area contributed by atoms with Gasteiger partial charge in [0.15, 0.2) is 0 Å². The fraction of sp³-hybridized carbons (Fsp3) is 0.850. The molecular formula is C20H34N3O3+. The summed E-state index contributed by atoms with van der Waals surface area (Å²) in [5, 5.41) is 5.52. The Bertz CT molecular complexity index is 559. The van der Waals surface area contributed by atoms with E-state index in [4.69, 9.17) is 0 Å². The third-order valence-corrected chi connectivity index (χ3v) is 6.19. The van der Waals surface area contributed by atoms with E-state index in [1.807, 2.05) is 0 Å². The molecule has 0 aromatic heterocycles. The van der Waals surface area contributed by atoms with Gasteiger partial charge in [-0.1, -0.05) is 12.8 Å². The van der Waals surface area contributed by atoms with E-state index in [2.05, 4.69) is 38.3 Å². The first-order chi connectivity index (χ1) is 12.1. The van der Waals surface area contributed by atoms with Crippen LogP contribution in [0.5, 0.6) is 0 Å². The maximum absolute atomic E-state index is 12.5. The van der Waals surface area contributed by atoms with E-state index in [9.17, 15) is 14.4 Å². The summed E-state index contributed by atoms with van der Waals surface area (Å²) < 4.78 is 0. The summed E-state index contributed by atoms with van der Waals surface area (Å²) in [5.41, 5.74) is 0.187. The van der Waals surface area contributed by atoms with Crippen LogP contribution < -0.4 is 10.6 Å². The molecule has 0 bridgehead atoms. The SMILES string of the molecule is CC1(C)CC(NC(=O)CCN2C(=O)[C@@H]3CCCC[C@H]3C2=O)CC(C)(C)[NH2+]1. The number of likely N-dealkylation sites (tertiary alicyclic amines) is 1. The molecule has 0 spiro atoms. The lowest BCUT2D eigenvalue weighted by atomic mass is 9.79. The van der Waals surface area contributed by atoms with Crippen molar-refractivity contribution in [3.05, 3.63) is 0 Å². The number of nitrogens with one attached hydrogen (secondary N) is 1. The van der Waals surface area contributed by atoms with Gasteiger partial charge in [0, 0.05) is 31.8 Å². The molecule has 146 valence electrons. The largest absolute Gasteiger partial charge is 0.353 e. The number of rotatable bonds is 4. The Kier molecular flexibility index (Phi) is 5.17. The van der Waals surface area contributed by atoms with Crippen molar-refractivity contribution in [2.45, 2.75) is 89.8 Å². The molecule has 0 aromatic rings. The average Bonchev–Trinajstić information content (AvgIpc) is 2.74. The second-order valence-electron chi connectivity index (χ2n) is 9.87. The van der Waals surface area contributed by atoms with E-state index >= 15 is 0 Å². The molecule has 2 aliphatic heterocycles. The Balaban J connectivity index is 1.53. The topological polar surface area (TPSA) is 83.1 Å². The van der Waals surface area contributed by atoms with Gasteiger partial charge in [-0.05, 0) is 40.5 Å². The Morgan fingerprint density at radius 1 is 1.04 bits per heavy atom. The van der Waals surface area contributed by atoms with Crippen LogP contribution in [0.2, 0.25) is 0 Å². The minimum absolute atomic E-state index is 0.0537. The summed E-state index contributed by atoms with van der Waals surface area (Å²) >= 11 is 0. The number of fused-ring (bicyclic) bond motifs is 1. The molecule has 6 heteroatoms. The predicted molar refractivity (Wildman–Crippen MR) is 98.0 cm³/mol. The zero-order valence-electron chi connectivity index (χ0n) is 16.6. The van der Waals surface area contributed by atoms with Crippen LogP contribution in [0.25, 0.3) is 0 Å². The molecule has 1 aliphatic carbocycles. The molecule has 2 heterocycles. The van der Waals surface area contributed by atoms with Crippen LogP contribution in [0.1, 0.15) is 72.6 Å². The zero-order chi connectivity index (χ0) is 19.1. The normalized spacial score (nSPS) is 31.0. The van der Waals surface area contributed by atoms with Crippen molar-refractivity contribution >= 4 is 17.7 Å². The molecule has 3 aliphatic rings. The molecule has 6 nitrogen and oxygen atoms in total. The summed E-state index contributed by atoms with van der Waals surface area (Å²) in [6, 6.07) is 0.144. The van der Waals surface area contributed by atoms with Gasteiger partial charge in [-0.15, -0.1) is 0 Å². The van der Waals surface area contributed by atoms with Crippen molar-refractivity contribution in [1.29, 1.82) is 0 Å². The van der Waals surface area contributed by atoms with Crippen molar-refractivity contribution in [1.82, 2.24) is 10.2 Å². The van der Waals surface area contributed by atoms with Gasteiger partial charge in [0.1, 0.15) is 0 Å². The third kappa shape index (κ3) is 4.11. The number of quaternary nitrogens is 1. The maximum Gasteiger partial charge on any atom is 0.233 e. The third-order valence-electron chi connectivity index (χ3n) is 6.19. The Morgan fingerprint density at radius 3 is 2.04 bits per heavy atom. The number of nitrogens with two attached hydrogens (primary N) is 1. The van der Waals surface area contributed by atoms with E-state index in [0.717, 1.165) is 38.5 Å². The molecule has 3 fully saturated rings. The molecule has 1 saturated carbocycles. The minimum atomic E-state index is -0.130. The Morgan fingerprint density at radius 2 is 1.54 bits per heavy atom. The van der Waals surface area contributed by atoms with Gasteiger partial charge in [0.2, 0.25) is 17.7 Å². The number of imide groups is 1. The Labute approximate surface area is 156 Å². The zero-order valence-corrected chi connectivity index (χ0v) is 16.6. The predicted octanol–water partition coefficient (Wildman–Crippen LogP) is 0.951. The van der Waals surface area contributed by atoms with Gasteiger partial charge in [-0.2, -0.15) is 0 Å². The van der Waals surface area contributed by atoms with Crippen molar-refractivity contribution in [3.63, 3.8) is 0 Å². The van der Waals surface area contributed by atoms with Crippen molar-refractivity contribution in [3.8, 4) is 0 Å². The van der Waals surface area contributed by atoms with Crippen LogP contribution >= 0.6 is 0 Å². The lowest BCUT2D eigenvalue weighted by molar-refractivity contribution is -0.787. The molecule has 3 N–H and O–H groups in total. The first-order valence-electron chi connectivity index (χ1n) is 10.1. The number of hydrogen-bond acceptors (Lipinski definition) is 3. The monoisotopic (exact) mass is 364 g/mol. The van der Waals surface area contributed by atoms with Crippen molar-refractivity contribution in [2.24, 2.45) is 11.8 Å². The summed E-state index contributed by atoms with van der Waals surface area (Å²) in [6.07, 6.45) is 5.75. The number of nitrogens with zero attached hydrogens (tertiary/aromatic N) is 1. The quantitative estimate of drug-likeness (QED) is 0.729. The highest BCUT2D eigenvalue weighted by Crippen LogP contribution is 2.38. The van der Waals surface area contributed by atoms with Gasteiger partial charge >= 0.3 is 0 Å². The van der Waals surface area contributed by atoms with Gasteiger partial charge in [0.05, 0.1) is 22.9 Å². The van der Waals surface area contributed by atoms with Crippen LogP contribution in [-0.4, -0.2) is 46.3 Å². The molecule has 0 unspecified atom stereocenters. The Hall–Kier alpha value is -1.43.